The minimum Gasteiger partial charge on any atom is -0.465 e. The molecule has 2 rings (SSSR count). The van der Waals surface area contributed by atoms with Crippen molar-refractivity contribution in [1.82, 2.24) is 4.98 Å². The van der Waals surface area contributed by atoms with E-state index in [0.29, 0.717) is 15.0 Å². The molecule has 2 aromatic rings. The van der Waals surface area contributed by atoms with Crippen molar-refractivity contribution < 1.29 is 9.53 Å². The summed E-state index contributed by atoms with van der Waals surface area (Å²) in [7, 11) is 1.34. The van der Waals surface area contributed by atoms with E-state index in [0.717, 1.165) is 9.26 Å². The van der Waals surface area contributed by atoms with Gasteiger partial charge in [-0.3, -0.25) is 0 Å². The van der Waals surface area contributed by atoms with Crippen LogP contribution in [0.25, 0.3) is 0 Å². The van der Waals surface area contributed by atoms with Crippen LogP contribution in [-0.2, 0) is 4.74 Å². The summed E-state index contributed by atoms with van der Waals surface area (Å²) in [5, 5.41) is 4.27. The van der Waals surface area contributed by atoms with E-state index in [4.69, 9.17) is 11.6 Å². The Morgan fingerprint density at radius 1 is 1.56 bits per heavy atom. The van der Waals surface area contributed by atoms with E-state index in [-0.39, 0.29) is 0 Å². The van der Waals surface area contributed by atoms with Crippen LogP contribution < -0.4 is 5.32 Å². The highest BCUT2D eigenvalue weighted by Crippen LogP contribution is 2.29. The zero-order valence-electron chi connectivity index (χ0n) is 9.24. The van der Waals surface area contributed by atoms with E-state index in [2.05, 4.69) is 37.6 Å². The van der Waals surface area contributed by atoms with Gasteiger partial charge in [-0.2, -0.15) is 0 Å². The summed E-state index contributed by atoms with van der Waals surface area (Å²) in [6.45, 7) is 0. The summed E-state index contributed by atoms with van der Waals surface area (Å²) in [5.41, 5.74) is 0.759. The van der Waals surface area contributed by atoms with Crippen LogP contribution in [0, 0.1) is 3.57 Å². The van der Waals surface area contributed by atoms with Crippen molar-refractivity contribution in [2.75, 3.05) is 12.4 Å². The number of methoxy groups -OCH3 is 1. The van der Waals surface area contributed by atoms with Gasteiger partial charge in [0.05, 0.1) is 24.0 Å². The number of esters is 1. The molecule has 0 saturated heterocycles. The van der Waals surface area contributed by atoms with Gasteiger partial charge >= 0.3 is 5.97 Å². The highest BCUT2D eigenvalue weighted by molar-refractivity contribution is 14.1. The van der Waals surface area contributed by atoms with E-state index in [1.807, 2.05) is 12.1 Å². The first kappa shape index (κ1) is 13.6. The first-order chi connectivity index (χ1) is 8.60. The number of halogens is 2. The van der Waals surface area contributed by atoms with Crippen LogP contribution in [0.4, 0.5) is 10.8 Å². The van der Waals surface area contributed by atoms with Gasteiger partial charge in [0.1, 0.15) is 4.88 Å². The van der Waals surface area contributed by atoms with Gasteiger partial charge in [0.15, 0.2) is 5.13 Å². The van der Waals surface area contributed by atoms with Crippen LogP contribution in [0.15, 0.2) is 24.4 Å². The summed E-state index contributed by atoms with van der Waals surface area (Å²) in [4.78, 5) is 15.8. The Balaban J connectivity index is 2.21. The van der Waals surface area contributed by atoms with Gasteiger partial charge in [-0.15, -0.1) is 0 Å². The lowest BCUT2D eigenvalue weighted by molar-refractivity contribution is 0.0606. The van der Waals surface area contributed by atoms with Crippen LogP contribution >= 0.6 is 45.5 Å². The zero-order valence-corrected chi connectivity index (χ0v) is 13.0. The van der Waals surface area contributed by atoms with Crippen molar-refractivity contribution in [3.63, 3.8) is 0 Å². The van der Waals surface area contributed by atoms with E-state index < -0.39 is 5.97 Å². The number of nitrogens with zero attached hydrogens (tertiary/aromatic N) is 1. The highest BCUT2D eigenvalue weighted by atomic mass is 127. The number of carbonyl (C=O) groups is 1. The molecule has 7 heteroatoms. The smallest absolute Gasteiger partial charge is 0.349 e. The van der Waals surface area contributed by atoms with Gasteiger partial charge < -0.3 is 10.1 Å². The fraction of sp³-hybridized carbons (Fsp3) is 0.0909. The number of carbonyl (C=O) groups excluding carboxylic acids is 1. The Morgan fingerprint density at radius 2 is 2.33 bits per heavy atom. The number of nitrogens with one attached hydrogen (secondary N) is 1. The Labute approximate surface area is 126 Å². The van der Waals surface area contributed by atoms with Crippen LogP contribution in [-0.4, -0.2) is 18.1 Å². The first-order valence-electron chi connectivity index (χ1n) is 4.86. The molecule has 0 aliphatic rings. The quantitative estimate of drug-likeness (QED) is 0.633. The fourth-order valence-electron chi connectivity index (χ4n) is 1.24. The van der Waals surface area contributed by atoms with Crippen LogP contribution in [0.1, 0.15) is 9.67 Å². The van der Waals surface area contributed by atoms with E-state index in [1.54, 1.807) is 6.07 Å². The third-order valence-electron chi connectivity index (χ3n) is 2.06. The number of ether oxygens (including phenoxy) is 1. The van der Waals surface area contributed by atoms with E-state index >= 15 is 0 Å². The number of aromatic nitrogens is 1. The normalized spacial score (nSPS) is 10.2. The first-order valence-corrected chi connectivity index (χ1v) is 7.13. The number of thiazole rings is 1. The van der Waals surface area contributed by atoms with Gasteiger partial charge in [-0.05, 0) is 40.8 Å². The van der Waals surface area contributed by atoms with E-state index in [1.165, 1.54) is 24.6 Å². The molecule has 0 bridgehead atoms. The summed E-state index contributed by atoms with van der Waals surface area (Å²) >= 11 is 9.48. The van der Waals surface area contributed by atoms with Gasteiger partial charge in [-0.25, -0.2) is 9.78 Å². The topological polar surface area (TPSA) is 51.2 Å². The van der Waals surface area contributed by atoms with Gasteiger partial charge in [0.2, 0.25) is 0 Å². The SMILES string of the molecule is COC(=O)c1cnc(Nc2cc(I)ccc2Cl)s1. The molecule has 0 amide bonds. The molecule has 0 radical (unpaired) electrons. The largest absolute Gasteiger partial charge is 0.465 e. The molecule has 18 heavy (non-hydrogen) atoms. The number of anilines is 2. The lowest BCUT2D eigenvalue weighted by Gasteiger charge is -2.05. The Morgan fingerprint density at radius 3 is 3.06 bits per heavy atom. The third-order valence-corrected chi connectivity index (χ3v) is 3.96. The van der Waals surface area contributed by atoms with Crippen LogP contribution in [0.5, 0.6) is 0 Å². The Bertz CT molecular complexity index is 588. The zero-order chi connectivity index (χ0) is 13.1. The molecule has 0 spiro atoms. The van der Waals surface area contributed by atoms with Crippen molar-refractivity contribution in [3.8, 4) is 0 Å². The van der Waals surface area contributed by atoms with E-state index in [9.17, 15) is 4.79 Å². The molecule has 94 valence electrons. The molecule has 0 aliphatic carbocycles. The number of hydrogen-bond acceptors (Lipinski definition) is 5. The summed E-state index contributed by atoms with van der Waals surface area (Å²) in [6.07, 6.45) is 1.47. The molecule has 1 heterocycles. The maximum absolute atomic E-state index is 11.3. The average Bonchev–Trinajstić information content (AvgIpc) is 2.81. The summed E-state index contributed by atoms with van der Waals surface area (Å²) in [5.74, 6) is -0.394. The van der Waals surface area contributed by atoms with Crippen molar-refractivity contribution >= 4 is 62.3 Å². The fourth-order valence-corrected chi connectivity index (χ4v) is 2.64. The second-order valence-electron chi connectivity index (χ2n) is 3.27. The maximum Gasteiger partial charge on any atom is 0.349 e. The molecule has 1 aromatic heterocycles. The highest BCUT2D eigenvalue weighted by Gasteiger charge is 2.11. The van der Waals surface area contributed by atoms with Crippen molar-refractivity contribution in [1.29, 1.82) is 0 Å². The number of rotatable bonds is 3. The monoisotopic (exact) mass is 394 g/mol. The maximum atomic E-state index is 11.3. The number of hydrogen-bond donors (Lipinski definition) is 1. The second kappa shape index (κ2) is 5.85. The predicted molar refractivity (Wildman–Crippen MR) is 80.9 cm³/mol. The minimum absolute atomic E-state index is 0.394. The molecule has 0 fully saturated rings. The molecule has 1 N–H and O–H groups in total. The third kappa shape index (κ3) is 3.12. The van der Waals surface area contributed by atoms with Crippen molar-refractivity contribution in [3.05, 3.63) is 37.9 Å². The Hall–Kier alpha value is -0.860. The lowest BCUT2D eigenvalue weighted by Crippen LogP contribution is -1.96. The number of benzene rings is 1. The molecular formula is C11H8ClIN2O2S. The molecule has 1 aromatic carbocycles. The Kier molecular flexibility index (Phi) is 4.41. The van der Waals surface area contributed by atoms with Crippen LogP contribution in [0.3, 0.4) is 0 Å². The summed E-state index contributed by atoms with van der Waals surface area (Å²) in [6, 6.07) is 5.62. The van der Waals surface area contributed by atoms with Gasteiger partial charge in [0.25, 0.3) is 0 Å². The summed E-state index contributed by atoms with van der Waals surface area (Å²) < 4.78 is 5.68. The second-order valence-corrected chi connectivity index (χ2v) is 5.95. The van der Waals surface area contributed by atoms with Gasteiger partial charge in [-0.1, -0.05) is 22.9 Å². The minimum atomic E-state index is -0.394. The molecule has 0 atom stereocenters. The molecule has 0 unspecified atom stereocenters. The molecule has 0 saturated carbocycles. The standard InChI is InChI=1S/C11H8ClIN2O2S/c1-17-10(16)9-5-14-11(18-9)15-8-4-6(13)2-3-7(8)12/h2-5H,1H3,(H,14,15). The molecule has 0 aliphatic heterocycles. The van der Waals surface area contributed by atoms with Crippen molar-refractivity contribution in [2.45, 2.75) is 0 Å². The van der Waals surface area contributed by atoms with Crippen molar-refractivity contribution in [2.24, 2.45) is 0 Å². The molecular weight excluding hydrogens is 387 g/mol. The lowest BCUT2D eigenvalue weighted by atomic mass is 10.3. The van der Waals surface area contributed by atoms with Gasteiger partial charge in [0, 0.05) is 3.57 Å². The average molecular weight is 395 g/mol. The predicted octanol–water partition coefficient (Wildman–Crippen LogP) is 3.93. The van der Waals surface area contributed by atoms with Crippen LogP contribution in [0.2, 0.25) is 5.02 Å². The molecule has 4 nitrogen and oxygen atoms in total.